The van der Waals surface area contributed by atoms with Gasteiger partial charge < -0.3 is 45.2 Å². The zero-order valence-corrected chi connectivity index (χ0v) is 16.5. The third-order valence-corrected chi connectivity index (χ3v) is 4.98. The fourth-order valence-corrected chi connectivity index (χ4v) is 3.35. The molecule has 1 aliphatic rings. The average molecular weight is 456 g/mol. The number of hydrogen-bond acceptors (Lipinski definition) is 11. The molecule has 4 rings (SSSR count). The van der Waals surface area contributed by atoms with Crippen molar-refractivity contribution in [3.8, 4) is 46.0 Å². The summed E-state index contributed by atoms with van der Waals surface area (Å²) >= 11 is 0. The van der Waals surface area contributed by atoms with Crippen molar-refractivity contribution in [2.45, 2.75) is 12.2 Å². The number of Topliss-reactive ketones (excluding diaryl/α,β-unsaturated/α-hetero) is 1. The minimum atomic E-state index is -1.68. The van der Waals surface area contributed by atoms with Crippen LogP contribution < -0.4 is 4.74 Å². The molecule has 0 saturated carbocycles. The maximum Gasteiger partial charge on any atom is 0.339 e. The van der Waals surface area contributed by atoms with Gasteiger partial charge in [0.1, 0.15) is 11.5 Å². The van der Waals surface area contributed by atoms with Gasteiger partial charge in [-0.15, -0.1) is 0 Å². The van der Waals surface area contributed by atoms with Gasteiger partial charge in [-0.05, 0) is 36.4 Å². The lowest BCUT2D eigenvalue weighted by Gasteiger charge is -2.32. The molecule has 0 aliphatic carbocycles. The molecule has 0 amide bonds. The summed E-state index contributed by atoms with van der Waals surface area (Å²) in [6, 6.07) is 7.20. The number of esters is 1. The van der Waals surface area contributed by atoms with Crippen LogP contribution in [0.25, 0.3) is 0 Å². The Kier molecular flexibility index (Phi) is 5.01. The maximum atomic E-state index is 13.2. The van der Waals surface area contributed by atoms with E-state index in [0.29, 0.717) is 0 Å². The van der Waals surface area contributed by atoms with Crippen molar-refractivity contribution >= 4 is 11.8 Å². The first kappa shape index (κ1) is 21.4. The summed E-state index contributed by atoms with van der Waals surface area (Å²) in [5, 5.41) is 67.8. The molecular weight excluding hydrogens is 440 g/mol. The molecule has 3 aromatic rings. The lowest BCUT2D eigenvalue weighted by molar-refractivity contribution is -0.00991. The summed E-state index contributed by atoms with van der Waals surface area (Å²) in [6.45, 7) is 0. The van der Waals surface area contributed by atoms with Gasteiger partial charge in [-0.25, -0.2) is 4.79 Å². The highest BCUT2D eigenvalue weighted by Gasteiger charge is 2.42. The van der Waals surface area contributed by atoms with Crippen LogP contribution in [0.5, 0.6) is 46.0 Å². The van der Waals surface area contributed by atoms with E-state index in [9.17, 15) is 45.3 Å². The van der Waals surface area contributed by atoms with E-state index in [2.05, 4.69) is 0 Å². The molecule has 2 atom stereocenters. The molecule has 0 saturated heterocycles. The largest absolute Gasteiger partial charge is 0.508 e. The number of hydrogen-bond donors (Lipinski definition) is 7. The third-order valence-electron chi connectivity index (χ3n) is 4.98. The van der Waals surface area contributed by atoms with E-state index in [-0.39, 0.29) is 22.6 Å². The number of phenols is 7. The number of carbonyl (C=O) groups is 2. The SMILES string of the molecule is O=C(OC1C(=O)c2ccc(O)cc2OC1c1cc(O)c(O)c(O)c1)c1cc(O)c(O)c(O)c1. The molecule has 33 heavy (non-hydrogen) atoms. The standard InChI is InChI=1S/C22H16O11/c23-10-1-2-11-16(7-10)32-20(8-3-12(24)18(29)13(25)4-8)21(17(11)28)33-22(31)9-5-14(26)19(30)15(27)6-9/h1-7,20-21,23-27,29-30H. The monoisotopic (exact) mass is 456 g/mol. The maximum absolute atomic E-state index is 13.2. The first-order chi connectivity index (χ1) is 15.6. The van der Waals surface area contributed by atoms with Crippen molar-refractivity contribution in [1.29, 1.82) is 0 Å². The Labute approximate surface area is 184 Å². The van der Waals surface area contributed by atoms with Crippen LogP contribution in [0, 0.1) is 0 Å². The molecule has 1 aliphatic heterocycles. The molecule has 0 aromatic heterocycles. The number of rotatable bonds is 3. The zero-order valence-electron chi connectivity index (χ0n) is 16.5. The number of ether oxygens (including phenoxy) is 2. The molecule has 7 N–H and O–H groups in total. The number of benzene rings is 3. The summed E-state index contributed by atoms with van der Waals surface area (Å²) < 4.78 is 11.0. The molecule has 0 bridgehead atoms. The zero-order chi connectivity index (χ0) is 24.0. The molecule has 0 fully saturated rings. The van der Waals surface area contributed by atoms with Crippen LogP contribution in [0.2, 0.25) is 0 Å². The van der Waals surface area contributed by atoms with Gasteiger partial charge in [0.15, 0.2) is 40.6 Å². The molecule has 170 valence electrons. The van der Waals surface area contributed by atoms with E-state index < -0.39 is 64.0 Å². The Morgan fingerprint density at radius 3 is 1.91 bits per heavy atom. The first-order valence-corrected chi connectivity index (χ1v) is 9.31. The van der Waals surface area contributed by atoms with Crippen LogP contribution in [0.4, 0.5) is 0 Å². The van der Waals surface area contributed by atoms with E-state index in [1.165, 1.54) is 12.1 Å². The third kappa shape index (κ3) is 3.71. The first-order valence-electron chi connectivity index (χ1n) is 9.31. The Balaban J connectivity index is 1.78. The molecule has 11 nitrogen and oxygen atoms in total. The van der Waals surface area contributed by atoms with Crippen molar-refractivity contribution in [1.82, 2.24) is 0 Å². The van der Waals surface area contributed by atoms with E-state index in [1.54, 1.807) is 0 Å². The van der Waals surface area contributed by atoms with Gasteiger partial charge in [0.05, 0.1) is 11.1 Å². The number of aromatic hydroxyl groups is 7. The van der Waals surface area contributed by atoms with Crippen LogP contribution >= 0.6 is 0 Å². The normalized spacial score (nSPS) is 17.2. The molecule has 2 unspecified atom stereocenters. The van der Waals surface area contributed by atoms with Crippen molar-refractivity contribution in [2.24, 2.45) is 0 Å². The Morgan fingerprint density at radius 1 is 0.788 bits per heavy atom. The van der Waals surface area contributed by atoms with Gasteiger partial charge in [-0.1, -0.05) is 0 Å². The summed E-state index contributed by atoms with van der Waals surface area (Å²) in [7, 11) is 0. The lowest BCUT2D eigenvalue weighted by Crippen LogP contribution is -2.40. The number of carbonyl (C=O) groups excluding carboxylic acids is 2. The second kappa shape index (κ2) is 7.71. The van der Waals surface area contributed by atoms with Gasteiger partial charge >= 0.3 is 5.97 Å². The van der Waals surface area contributed by atoms with Gasteiger partial charge in [0.25, 0.3) is 0 Å². The number of fused-ring (bicyclic) bond motifs is 1. The number of ketones is 1. The van der Waals surface area contributed by atoms with Crippen molar-refractivity contribution in [2.75, 3.05) is 0 Å². The van der Waals surface area contributed by atoms with E-state index in [1.807, 2.05) is 0 Å². The van der Waals surface area contributed by atoms with Crippen LogP contribution in [0.15, 0.2) is 42.5 Å². The highest BCUT2D eigenvalue weighted by atomic mass is 16.6. The topological polar surface area (TPSA) is 194 Å². The molecule has 0 radical (unpaired) electrons. The average Bonchev–Trinajstić information content (AvgIpc) is 2.76. The molecule has 0 spiro atoms. The van der Waals surface area contributed by atoms with Crippen LogP contribution in [-0.4, -0.2) is 53.6 Å². The Morgan fingerprint density at radius 2 is 1.33 bits per heavy atom. The predicted molar refractivity (Wildman–Crippen MR) is 108 cm³/mol. The molecule has 3 aromatic carbocycles. The van der Waals surface area contributed by atoms with Gasteiger partial charge in [-0.3, -0.25) is 4.79 Å². The van der Waals surface area contributed by atoms with Crippen molar-refractivity contribution in [3.05, 3.63) is 59.2 Å². The van der Waals surface area contributed by atoms with E-state index in [0.717, 1.165) is 30.3 Å². The lowest BCUT2D eigenvalue weighted by atomic mass is 9.92. The van der Waals surface area contributed by atoms with Crippen LogP contribution in [0.3, 0.4) is 0 Å². The Bertz CT molecular complexity index is 1250. The van der Waals surface area contributed by atoms with Crippen molar-refractivity contribution in [3.63, 3.8) is 0 Å². The smallest absolute Gasteiger partial charge is 0.339 e. The highest BCUT2D eigenvalue weighted by molar-refractivity contribution is 6.05. The predicted octanol–water partition coefficient (Wildman–Crippen LogP) is 2.17. The van der Waals surface area contributed by atoms with Gasteiger partial charge in [0.2, 0.25) is 11.9 Å². The van der Waals surface area contributed by atoms with Gasteiger partial charge in [0, 0.05) is 11.6 Å². The minimum absolute atomic E-state index is 0.0366. The van der Waals surface area contributed by atoms with Crippen molar-refractivity contribution < 1.29 is 54.8 Å². The highest BCUT2D eigenvalue weighted by Crippen LogP contribution is 2.43. The fourth-order valence-electron chi connectivity index (χ4n) is 3.35. The second-order valence-corrected chi connectivity index (χ2v) is 7.18. The van der Waals surface area contributed by atoms with E-state index >= 15 is 0 Å². The molecular formula is C22H16O11. The second-order valence-electron chi connectivity index (χ2n) is 7.18. The summed E-state index contributed by atoms with van der Waals surface area (Å²) in [5.41, 5.74) is -0.493. The molecule has 1 heterocycles. The quantitative estimate of drug-likeness (QED) is 0.225. The van der Waals surface area contributed by atoms with E-state index in [4.69, 9.17) is 9.47 Å². The van der Waals surface area contributed by atoms with Crippen LogP contribution in [0.1, 0.15) is 32.4 Å². The number of phenolic OH excluding ortho intramolecular Hbond substituents is 7. The Hall–Kier alpha value is -4.80. The fraction of sp³-hybridized carbons (Fsp3) is 0.0909. The van der Waals surface area contributed by atoms with Gasteiger partial charge in [-0.2, -0.15) is 0 Å². The minimum Gasteiger partial charge on any atom is -0.508 e. The summed E-state index contributed by atoms with van der Waals surface area (Å²) in [4.78, 5) is 25.8. The summed E-state index contributed by atoms with van der Waals surface area (Å²) in [6.07, 6.45) is -3.12. The molecule has 11 heteroatoms. The van der Waals surface area contributed by atoms with Crippen LogP contribution in [-0.2, 0) is 4.74 Å². The summed E-state index contributed by atoms with van der Waals surface area (Å²) in [5.74, 6) is -6.98.